The number of carbonyl (C=O) groups is 1. The van der Waals surface area contributed by atoms with Crippen molar-refractivity contribution in [2.24, 2.45) is 0 Å². The van der Waals surface area contributed by atoms with Gasteiger partial charge in [-0.05, 0) is 60.4 Å². The monoisotopic (exact) mass is 432 g/mol. The molecule has 0 radical (unpaired) electrons. The van der Waals surface area contributed by atoms with Gasteiger partial charge in [0.25, 0.3) is 0 Å². The first kappa shape index (κ1) is 22.3. The summed E-state index contributed by atoms with van der Waals surface area (Å²) in [6.07, 6.45) is 3.03. The Morgan fingerprint density at radius 2 is 1.80 bits per heavy atom. The largest absolute Gasteiger partial charge is 0.486 e. The molecule has 0 amide bonds. The zero-order valence-corrected chi connectivity index (χ0v) is 18.2. The lowest BCUT2D eigenvalue weighted by molar-refractivity contribution is -0.136. The third-order valence-corrected chi connectivity index (χ3v) is 6.69. The number of ether oxygens (including phenoxy) is 1. The summed E-state index contributed by atoms with van der Waals surface area (Å²) in [4.78, 5) is 11.8. The molecule has 0 bridgehead atoms. The van der Waals surface area contributed by atoms with Crippen LogP contribution in [-0.4, -0.2) is 22.4 Å². The van der Waals surface area contributed by atoms with E-state index in [1.807, 2.05) is 13.8 Å². The lowest BCUT2D eigenvalue weighted by atomic mass is 9.86. The second-order valence-electron chi connectivity index (χ2n) is 7.84. The van der Waals surface area contributed by atoms with Crippen molar-refractivity contribution in [3.63, 3.8) is 0 Å². The van der Waals surface area contributed by atoms with Gasteiger partial charge in [-0.15, -0.1) is 11.8 Å². The number of rotatable bonds is 8. The molecule has 0 saturated carbocycles. The predicted octanol–water partition coefficient (Wildman–Crippen LogP) is 6.12. The fraction of sp³-hybridized carbons (Fsp3) is 0.375. The first-order chi connectivity index (χ1) is 14.2. The number of benzene rings is 2. The van der Waals surface area contributed by atoms with E-state index in [0.29, 0.717) is 5.56 Å². The van der Waals surface area contributed by atoms with Crippen LogP contribution in [-0.2, 0) is 17.6 Å². The maximum atomic E-state index is 14.5. The molecule has 2 aromatic carbocycles. The van der Waals surface area contributed by atoms with Gasteiger partial charge < -0.3 is 9.84 Å². The minimum Gasteiger partial charge on any atom is -0.486 e. The first-order valence-electron chi connectivity index (χ1n) is 10.0. The highest BCUT2D eigenvalue weighted by atomic mass is 32.2. The normalized spacial score (nSPS) is 20.8. The molecule has 1 N–H and O–H groups in total. The van der Waals surface area contributed by atoms with Crippen molar-refractivity contribution in [1.29, 1.82) is 0 Å². The number of carboxylic acid groups (broad SMARTS) is 1. The van der Waals surface area contributed by atoms with Crippen molar-refractivity contribution < 1.29 is 23.4 Å². The van der Waals surface area contributed by atoms with Crippen molar-refractivity contribution in [2.45, 2.75) is 50.7 Å². The van der Waals surface area contributed by atoms with Crippen molar-refractivity contribution in [3.05, 3.63) is 75.7 Å². The van der Waals surface area contributed by atoms with Gasteiger partial charge in [0.15, 0.2) is 17.4 Å². The van der Waals surface area contributed by atoms with Gasteiger partial charge in [-0.1, -0.05) is 37.3 Å². The van der Waals surface area contributed by atoms with E-state index in [4.69, 9.17) is 9.84 Å². The van der Waals surface area contributed by atoms with Gasteiger partial charge in [0.05, 0.1) is 4.75 Å². The van der Waals surface area contributed by atoms with E-state index in [2.05, 4.69) is 37.3 Å². The van der Waals surface area contributed by atoms with Crippen LogP contribution in [0.2, 0.25) is 0 Å². The Balaban J connectivity index is 1.77. The number of carboxylic acids is 1. The second kappa shape index (κ2) is 9.21. The maximum Gasteiger partial charge on any atom is 0.303 e. The smallest absolute Gasteiger partial charge is 0.303 e. The Labute approximate surface area is 180 Å². The van der Waals surface area contributed by atoms with Gasteiger partial charge in [0.1, 0.15) is 6.61 Å². The zero-order chi connectivity index (χ0) is 21.9. The molecule has 0 aromatic heterocycles. The van der Waals surface area contributed by atoms with Crippen molar-refractivity contribution in [3.8, 4) is 5.75 Å². The molecular weight excluding hydrogens is 406 g/mol. The third-order valence-electron chi connectivity index (χ3n) is 5.39. The van der Waals surface area contributed by atoms with E-state index >= 15 is 0 Å². The molecule has 160 valence electrons. The van der Waals surface area contributed by atoms with Gasteiger partial charge >= 0.3 is 5.97 Å². The van der Waals surface area contributed by atoms with Crippen LogP contribution in [0.5, 0.6) is 5.75 Å². The van der Waals surface area contributed by atoms with Gasteiger partial charge in [-0.3, -0.25) is 4.79 Å². The molecular formula is C24H26F2O3S. The van der Waals surface area contributed by atoms with E-state index < -0.39 is 28.1 Å². The predicted molar refractivity (Wildman–Crippen MR) is 116 cm³/mol. The van der Waals surface area contributed by atoms with E-state index in [1.54, 1.807) is 11.8 Å². The fourth-order valence-corrected chi connectivity index (χ4v) is 5.15. The SMILES string of the molecule is CCc1ccc(C2C=C(C)SC2(C)COc2c(F)cc(CCC(=O)O)cc2F)cc1. The van der Waals surface area contributed by atoms with Crippen molar-refractivity contribution in [2.75, 3.05) is 6.61 Å². The third kappa shape index (κ3) is 5.04. The standard InChI is InChI=1S/C24H26F2O3S/c1-4-16-5-8-18(9-6-16)19-11-15(2)30-24(19,3)14-29-23-20(25)12-17(13-21(23)26)7-10-22(27)28/h5-6,8-9,11-13,19H,4,7,10,14H2,1-3H3,(H,27,28). The van der Waals surface area contributed by atoms with Gasteiger partial charge in [-0.2, -0.15) is 0 Å². The quantitative estimate of drug-likeness (QED) is 0.546. The zero-order valence-electron chi connectivity index (χ0n) is 17.4. The van der Waals surface area contributed by atoms with E-state index in [0.717, 1.165) is 29.0 Å². The summed E-state index contributed by atoms with van der Waals surface area (Å²) in [5.41, 5.74) is 2.70. The number of hydrogen-bond donors (Lipinski definition) is 1. The second-order valence-corrected chi connectivity index (χ2v) is 9.62. The summed E-state index contributed by atoms with van der Waals surface area (Å²) in [6.45, 7) is 6.31. The van der Waals surface area contributed by atoms with Crippen molar-refractivity contribution in [1.82, 2.24) is 0 Å². The van der Waals surface area contributed by atoms with Crippen LogP contribution in [0.4, 0.5) is 8.78 Å². The van der Waals surface area contributed by atoms with Crippen LogP contribution >= 0.6 is 11.8 Å². The summed E-state index contributed by atoms with van der Waals surface area (Å²) in [5.74, 6) is -2.98. The van der Waals surface area contributed by atoms with Crippen LogP contribution in [0.25, 0.3) is 0 Å². The minimum atomic E-state index is -1.01. The molecule has 0 spiro atoms. The minimum absolute atomic E-state index is 0.0642. The number of thioether (sulfide) groups is 1. The number of allylic oxidation sites excluding steroid dienone is 2. The lowest BCUT2D eigenvalue weighted by Gasteiger charge is -2.31. The summed E-state index contributed by atoms with van der Waals surface area (Å²) in [5, 5.41) is 8.75. The molecule has 1 aliphatic heterocycles. The molecule has 30 heavy (non-hydrogen) atoms. The van der Waals surface area contributed by atoms with Gasteiger partial charge in [0, 0.05) is 12.3 Å². The Hall–Kier alpha value is -2.34. The summed E-state index contributed by atoms with van der Waals surface area (Å²) in [7, 11) is 0. The number of aryl methyl sites for hydroxylation is 2. The molecule has 1 heterocycles. The van der Waals surface area contributed by atoms with Gasteiger partial charge in [-0.25, -0.2) is 8.78 Å². The average Bonchev–Trinajstić information content (AvgIpc) is 3.00. The van der Waals surface area contributed by atoms with Gasteiger partial charge in [0.2, 0.25) is 0 Å². The number of aliphatic carboxylic acids is 1. The Bertz CT molecular complexity index is 932. The molecule has 6 heteroatoms. The topological polar surface area (TPSA) is 46.5 Å². The van der Waals surface area contributed by atoms with Crippen LogP contribution in [0, 0.1) is 11.6 Å². The molecule has 0 saturated heterocycles. The lowest BCUT2D eigenvalue weighted by Crippen LogP contribution is -2.33. The summed E-state index contributed by atoms with van der Waals surface area (Å²) in [6, 6.07) is 10.7. The highest BCUT2D eigenvalue weighted by molar-refractivity contribution is 8.04. The van der Waals surface area contributed by atoms with Crippen LogP contribution in [0.1, 0.15) is 49.8 Å². The Kier molecular flexibility index (Phi) is 6.86. The van der Waals surface area contributed by atoms with Crippen LogP contribution in [0.15, 0.2) is 47.4 Å². The molecule has 2 atom stereocenters. The molecule has 3 nitrogen and oxygen atoms in total. The molecule has 3 rings (SSSR count). The van der Waals surface area contributed by atoms with Crippen LogP contribution < -0.4 is 4.74 Å². The average molecular weight is 433 g/mol. The highest BCUT2D eigenvalue weighted by Crippen LogP contribution is 2.50. The Morgan fingerprint density at radius 3 is 2.37 bits per heavy atom. The maximum absolute atomic E-state index is 14.5. The first-order valence-corrected chi connectivity index (χ1v) is 10.8. The molecule has 2 unspecified atom stereocenters. The number of halogens is 2. The summed E-state index contributed by atoms with van der Waals surface area (Å²) < 4.78 is 34.2. The Morgan fingerprint density at radius 1 is 1.17 bits per heavy atom. The van der Waals surface area contributed by atoms with E-state index in [-0.39, 0.29) is 25.4 Å². The molecule has 2 aromatic rings. The molecule has 0 fully saturated rings. The molecule has 1 aliphatic rings. The highest BCUT2D eigenvalue weighted by Gasteiger charge is 2.41. The summed E-state index contributed by atoms with van der Waals surface area (Å²) >= 11 is 1.65. The van der Waals surface area contributed by atoms with Crippen molar-refractivity contribution >= 4 is 17.7 Å². The van der Waals surface area contributed by atoms with Crippen LogP contribution in [0.3, 0.4) is 0 Å². The van der Waals surface area contributed by atoms with E-state index in [9.17, 15) is 13.6 Å². The fourth-order valence-electron chi connectivity index (χ4n) is 3.77. The molecule has 0 aliphatic carbocycles. The number of hydrogen-bond acceptors (Lipinski definition) is 3. The van der Waals surface area contributed by atoms with E-state index in [1.165, 1.54) is 5.56 Å².